The van der Waals surface area contributed by atoms with Crippen LogP contribution in [0.2, 0.25) is 0 Å². The third-order valence-electron chi connectivity index (χ3n) is 8.00. The summed E-state index contributed by atoms with van der Waals surface area (Å²) < 4.78 is 13.1. The first kappa shape index (κ1) is 16.9. The van der Waals surface area contributed by atoms with Crippen molar-refractivity contribution in [2.24, 2.45) is 28.6 Å². The number of carbonyl (C=O) groups excluding carboxylic acids is 1. The second kappa shape index (κ2) is 6.00. The Hall–Kier alpha value is -0.570. The summed E-state index contributed by atoms with van der Waals surface area (Å²) in [5, 5.41) is 0. The van der Waals surface area contributed by atoms with Crippen molar-refractivity contribution in [2.45, 2.75) is 58.3 Å². The third-order valence-corrected chi connectivity index (χ3v) is 8.81. The van der Waals surface area contributed by atoms with E-state index in [1.54, 1.807) is 0 Å². The maximum atomic E-state index is 13.1. The van der Waals surface area contributed by atoms with Crippen LogP contribution in [0.4, 0.5) is 4.39 Å². The minimum atomic E-state index is -0.0401. The number of allylic oxidation sites excluding steroid dienone is 3. The summed E-state index contributed by atoms with van der Waals surface area (Å²) in [5.41, 5.74) is 2.63. The minimum absolute atomic E-state index is 0.0401. The second-order valence-electron chi connectivity index (χ2n) is 8.78. The lowest BCUT2D eigenvalue weighted by Gasteiger charge is -2.58. The van der Waals surface area contributed by atoms with Crippen molar-refractivity contribution < 1.29 is 9.18 Å². The number of rotatable bonds is 2. The zero-order valence-electron chi connectivity index (χ0n) is 14.9. The molecule has 0 heterocycles. The van der Waals surface area contributed by atoms with Gasteiger partial charge in [-0.15, -0.1) is 0 Å². The average molecular weight is 349 g/mol. The fourth-order valence-electron chi connectivity index (χ4n) is 6.80. The Bertz CT molecular complexity index is 609. The van der Waals surface area contributed by atoms with Crippen molar-refractivity contribution in [3.63, 3.8) is 0 Å². The molecule has 0 saturated heterocycles. The van der Waals surface area contributed by atoms with E-state index in [9.17, 15) is 9.18 Å². The Morgan fingerprint density at radius 3 is 2.79 bits per heavy atom. The predicted octanol–water partition coefficient (Wildman–Crippen LogP) is 5.71. The standard InChI is InChI=1S/C21H29FOS/c1-20-9-8-18-16(17(20)5-6-19(20)23)4-3-15-11-14(12-22)7-10-21(15,18)13-24-2/h11-12,16-18H,3-10,13H2,1-2H3/t16-,17-,18+,20-,21+/m0/s1. The number of halogens is 1. The first-order valence-electron chi connectivity index (χ1n) is 9.58. The number of carbonyl (C=O) groups is 1. The lowest BCUT2D eigenvalue weighted by atomic mass is 9.47. The predicted molar refractivity (Wildman–Crippen MR) is 98.6 cm³/mol. The maximum Gasteiger partial charge on any atom is 0.139 e. The van der Waals surface area contributed by atoms with Gasteiger partial charge in [-0.1, -0.05) is 18.6 Å². The fraction of sp³-hybridized carbons (Fsp3) is 0.762. The molecule has 3 saturated carbocycles. The van der Waals surface area contributed by atoms with Crippen molar-refractivity contribution in [3.05, 3.63) is 23.6 Å². The van der Waals surface area contributed by atoms with Crippen LogP contribution in [0.3, 0.4) is 0 Å². The zero-order valence-corrected chi connectivity index (χ0v) is 15.8. The molecule has 4 aliphatic rings. The summed E-state index contributed by atoms with van der Waals surface area (Å²) in [5.74, 6) is 3.70. The van der Waals surface area contributed by atoms with Gasteiger partial charge >= 0.3 is 0 Å². The molecule has 3 fully saturated rings. The molecule has 3 heteroatoms. The molecule has 0 aromatic carbocycles. The van der Waals surface area contributed by atoms with Gasteiger partial charge in [0, 0.05) is 23.0 Å². The van der Waals surface area contributed by atoms with E-state index in [4.69, 9.17) is 0 Å². The molecule has 0 aliphatic heterocycles. The largest absolute Gasteiger partial charge is 0.299 e. The van der Waals surface area contributed by atoms with Gasteiger partial charge in [0.15, 0.2) is 0 Å². The molecule has 4 aliphatic carbocycles. The number of ketones is 1. The number of hydrogen-bond donors (Lipinski definition) is 0. The summed E-state index contributed by atoms with van der Waals surface area (Å²) in [7, 11) is 0. The van der Waals surface area contributed by atoms with Crippen molar-refractivity contribution in [2.75, 3.05) is 12.0 Å². The van der Waals surface area contributed by atoms with Crippen molar-refractivity contribution in [1.29, 1.82) is 0 Å². The topological polar surface area (TPSA) is 17.1 Å². The quantitative estimate of drug-likeness (QED) is 0.635. The molecule has 5 atom stereocenters. The molecular weight excluding hydrogens is 319 g/mol. The van der Waals surface area contributed by atoms with Gasteiger partial charge in [0.25, 0.3) is 0 Å². The summed E-state index contributed by atoms with van der Waals surface area (Å²) in [6, 6.07) is 0. The smallest absolute Gasteiger partial charge is 0.139 e. The van der Waals surface area contributed by atoms with E-state index in [0.29, 0.717) is 23.5 Å². The van der Waals surface area contributed by atoms with Crippen LogP contribution < -0.4 is 0 Å². The molecule has 24 heavy (non-hydrogen) atoms. The maximum absolute atomic E-state index is 13.1. The van der Waals surface area contributed by atoms with Gasteiger partial charge in [0.1, 0.15) is 5.78 Å². The van der Waals surface area contributed by atoms with Crippen LogP contribution in [-0.2, 0) is 4.79 Å². The Kier molecular flexibility index (Phi) is 4.22. The van der Waals surface area contributed by atoms with E-state index in [1.165, 1.54) is 18.4 Å². The number of hydrogen-bond acceptors (Lipinski definition) is 2. The molecule has 0 unspecified atom stereocenters. The number of fused-ring (bicyclic) bond motifs is 5. The van der Waals surface area contributed by atoms with Gasteiger partial charge in [-0.2, -0.15) is 11.8 Å². The molecule has 0 N–H and O–H groups in total. The zero-order chi connectivity index (χ0) is 16.9. The SMILES string of the molecule is CSC[C@]12CCC(=CF)C=C1CC[C@@H]1[C@H]2CC[C@]2(C)C(=O)CC[C@@H]12. The van der Waals surface area contributed by atoms with Crippen LogP contribution in [0.5, 0.6) is 0 Å². The highest BCUT2D eigenvalue weighted by atomic mass is 32.2. The van der Waals surface area contributed by atoms with Gasteiger partial charge in [-0.05, 0) is 74.5 Å². The van der Waals surface area contributed by atoms with Gasteiger partial charge in [-0.3, -0.25) is 4.79 Å². The fourth-order valence-corrected chi connectivity index (χ4v) is 7.86. The Balaban J connectivity index is 1.72. The summed E-state index contributed by atoms with van der Waals surface area (Å²) in [4.78, 5) is 12.5. The lowest BCUT2D eigenvalue weighted by Crippen LogP contribution is -2.52. The van der Waals surface area contributed by atoms with Gasteiger partial charge in [0.05, 0.1) is 6.33 Å². The normalized spacial score (nSPS) is 46.3. The molecule has 0 radical (unpaired) electrons. The van der Waals surface area contributed by atoms with Crippen molar-refractivity contribution in [1.82, 2.24) is 0 Å². The van der Waals surface area contributed by atoms with Crippen LogP contribution >= 0.6 is 11.8 Å². The molecule has 0 bridgehead atoms. The van der Waals surface area contributed by atoms with Gasteiger partial charge in [0.2, 0.25) is 0 Å². The molecule has 0 aromatic rings. The van der Waals surface area contributed by atoms with Crippen LogP contribution in [0.25, 0.3) is 0 Å². The van der Waals surface area contributed by atoms with E-state index >= 15 is 0 Å². The Morgan fingerprint density at radius 1 is 1.21 bits per heavy atom. The van der Waals surface area contributed by atoms with E-state index < -0.39 is 0 Å². The molecule has 0 amide bonds. The highest BCUT2D eigenvalue weighted by Gasteiger charge is 2.59. The summed E-state index contributed by atoms with van der Waals surface area (Å²) >= 11 is 1.95. The van der Waals surface area contributed by atoms with Crippen LogP contribution in [0.1, 0.15) is 58.3 Å². The monoisotopic (exact) mass is 348 g/mol. The van der Waals surface area contributed by atoms with E-state index in [1.807, 2.05) is 11.8 Å². The van der Waals surface area contributed by atoms with Gasteiger partial charge in [-0.25, -0.2) is 4.39 Å². The Morgan fingerprint density at radius 2 is 2.04 bits per heavy atom. The summed E-state index contributed by atoms with van der Waals surface area (Å²) in [6.07, 6.45) is 13.7. The highest BCUT2D eigenvalue weighted by molar-refractivity contribution is 7.98. The molecule has 0 aromatic heterocycles. The first-order valence-corrected chi connectivity index (χ1v) is 11.0. The van der Waals surface area contributed by atoms with E-state index in [0.717, 1.165) is 56.2 Å². The second-order valence-corrected chi connectivity index (χ2v) is 9.64. The first-order chi connectivity index (χ1) is 11.5. The molecular formula is C21H29FOS. The van der Waals surface area contributed by atoms with Crippen LogP contribution in [0.15, 0.2) is 23.6 Å². The summed E-state index contributed by atoms with van der Waals surface area (Å²) in [6.45, 7) is 2.25. The van der Waals surface area contributed by atoms with Crippen LogP contribution in [0, 0.1) is 28.6 Å². The third kappa shape index (κ3) is 2.22. The highest BCUT2D eigenvalue weighted by Crippen LogP contribution is 2.65. The average Bonchev–Trinajstić information content (AvgIpc) is 2.90. The van der Waals surface area contributed by atoms with Crippen molar-refractivity contribution in [3.8, 4) is 0 Å². The van der Waals surface area contributed by atoms with Crippen LogP contribution in [-0.4, -0.2) is 17.8 Å². The van der Waals surface area contributed by atoms with Gasteiger partial charge < -0.3 is 0 Å². The Labute approximate surface area is 149 Å². The van der Waals surface area contributed by atoms with E-state index in [-0.39, 0.29) is 10.8 Å². The van der Waals surface area contributed by atoms with E-state index in [2.05, 4.69) is 19.3 Å². The number of thioether (sulfide) groups is 1. The molecule has 132 valence electrons. The molecule has 4 rings (SSSR count). The lowest BCUT2D eigenvalue weighted by molar-refractivity contribution is -0.132. The van der Waals surface area contributed by atoms with Crippen molar-refractivity contribution >= 4 is 17.5 Å². The molecule has 1 nitrogen and oxygen atoms in total. The minimum Gasteiger partial charge on any atom is -0.299 e. The molecule has 0 spiro atoms. The number of Topliss-reactive ketones (excluding diaryl/α,β-unsaturated/α-hetero) is 1.